The second-order valence-corrected chi connectivity index (χ2v) is 6.30. The van der Waals surface area contributed by atoms with E-state index in [0.717, 1.165) is 19.4 Å². The highest BCUT2D eigenvalue weighted by Gasteiger charge is 2.27. The Morgan fingerprint density at radius 3 is 2.30 bits per heavy atom. The van der Waals surface area contributed by atoms with Gasteiger partial charge in [-0.2, -0.15) is 0 Å². The molecule has 2 heteroatoms. The second-order valence-electron chi connectivity index (χ2n) is 6.30. The molecule has 114 valence electrons. The summed E-state index contributed by atoms with van der Waals surface area (Å²) in [4.78, 5) is 0. The Morgan fingerprint density at radius 1 is 1.15 bits per heavy atom. The van der Waals surface area contributed by atoms with Crippen LogP contribution in [-0.2, 0) is 6.42 Å². The van der Waals surface area contributed by atoms with Crippen LogP contribution in [-0.4, -0.2) is 12.6 Å². The van der Waals surface area contributed by atoms with Gasteiger partial charge in [0.25, 0.3) is 0 Å². The average molecular weight is 279 g/mol. The lowest BCUT2D eigenvalue weighted by molar-refractivity contribution is 0.223. The first-order valence-corrected chi connectivity index (χ1v) is 7.99. The van der Waals surface area contributed by atoms with Crippen LogP contribution in [0, 0.1) is 11.2 Å². The minimum absolute atomic E-state index is 0.148. The third-order valence-electron chi connectivity index (χ3n) is 4.19. The van der Waals surface area contributed by atoms with E-state index in [2.05, 4.69) is 33.0 Å². The van der Waals surface area contributed by atoms with E-state index in [-0.39, 0.29) is 11.2 Å². The van der Waals surface area contributed by atoms with Gasteiger partial charge in [0.2, 0.25) is 0 Å². The maximum atomic E-state index is 13.0. The first-order chi connectivity index (χ1) is 9.51. The van der Waals surface area contributed by atoms with E-state index in [1.54, 1.807) is 12.1 Å². The van der Waals surface area contributed by atoms with Crippen molar-refractivity contribution < 1.29 is 4.39 Å². The van der Waals surface area contributed by atoms with Crippen molar-refractivity contribution >= 4 is 0 Å². The quantitative estimate of drug-likeness (QED) is 0.674. The SMILES string of the molecule is CCCCC(CC)(CNC(C)C)Cc1ccc(F)cc1. The van der Waals surface area contributed by atoms with Crippen LogP contribution in [0.3, 0.4) is 0 Å². The summed E-state index contributed by atoms with van der Waals surface area (Å²) in [5.74, 6) is -0.148. The number of unbranched alkanes of at least 4 members (excludes halogenated alkanes) is 1. The summed E-state index contributed by atoms with van der Waals surface area (Å²) in [5.41, 5.74) is 1.54. The summed E-state index contributed by atoms with van der Waals surface area (Å²) in [6.07, 6.45) is 5.91. The molecule has 0 spiro atoms. The molecule has 20 heavy (non-hydrogen) atoms. The molecule has 1 aromatic rings. The molecule has 0 fully saturated rings. The molecule has 1 nitrogen and oxygen atoms in total. The fraction of sp³-hybridized carbons (Fsp3) is 0.667. The number of benzene rings is 1. The molecule has 0 saturated heterocycles. The molecule has 0 bridgehead atoms. The summed E-state index contributed by atoms with van der Waals surface area (Å²) in [5, 5.41) is 3.60. The van der Waals surface area contributed by atoms with E-state index < -0.39 is 0 Å². The molecule has 1 unspecified atom stereocenters. The largest absolute Gasteiger partial charge is 0.314 e. The normalized spacial score (nSPS) is 14.5. The lowest BCUT2D eigenvalue weighted by atomic mass is 9.75. The van der Waals surface area contributed by atoms with Crippen LogP contribution in [0.2, 0.25) is 0 Å². The molecule has 1 atom stereocenters. The van der Waals surface area contributed by atoms with Crippen LogP contribution in [0.5, 0.6) is 0 Å². The van der Waals surface area contributed by atoms with Crippen molar-refractivity contribution in [1.82, 2.24) is 5.32 Å². The first kappa shape index (κ1) is 17.2. The Kier molecular flexibility index (Phi) is 7.22. The van der Waals surface area contributed by atoms with Crippen molar-refractivity contribution in [2.24, 2.45) is 5.41 Å². The van der Waals surface area contributed by atoms with Crippen LogP contribution in [0.25, 0.3) is 0 Å². The molecule has 1 N–H and O–H groups in total. The minimum Gasteiger partial charge on any atom is -0.314 e. The van der Waals surface area contributed by atoms with Gasteiger partial charge in [0, 0.05) is 12.6 Å². The highest BCUT2D eigenvalue weighted by Crippen LogP contribution is 2.32. The van der Waals surface area contributed by atoms with Gasteiger partial charge in [-0.25, -0.2) is 4.39 Å². The summed E-state index contributed by atoms with van der Waals surface area (Å²) in [7, 11) is 0. The van der Waals surface area contributed by atoms with Gasteiger partial charge in [-0.3, -0.25) is 0 Å². The van der Waals surface area contributed by atoms with E-state index in [1.165, 1.54) is 24.8 Å². The maximum Gasteiger partial charge on any atom is 0.123 e. The Balaban J connectivity index is 2.80. The van der Waals surface area contributed by atoms with Crippen LogP contribution in [0.15, 0.2) is 24.3 Å². The summed E-state index contributed by atoms with van der Waals surface area (Å²) < 4.78 is 13.0. The number of nitrogens with one attached hydrogen (secondary N) is 1. The first-order valence-electron chi connectivity index (χ1n) is 7.99. The smallest absolute Gasteiger partial charge is 0.123 e. The van der Waals surface area contributed by atoms with Crippen molar-refractivity contribution in [3.8, 4) is 0 Å². The number of halogens is 1. The van der Waals surface area contributed by atoms with Gasteiger partial charge in [0.1, 0.15) is 5.82 Å². The maximum absolute atomic E-state index is 13.0. The molecule has 1 rings (SSSR count). The number of hydrogen-bond acceptors (Lipinski definition) is 1. The molecule has 0 aliphatic heterocycles. The molecule has 0 radical (unpaired) electrons. The zero-order valence-electron chi connectivity index (χ0n) is 13.5. The van der Waals surface area contributed by atoms with Crippen molar-refractivity contribution in [2.45, 2.75) is 65.8 Å². The number of hydrogen-bond donors (Lipinski definition) is 1. The van der Waals surface area contributed by atoms with E-state index in [0.29, 0.717) is 6.04 Å². The molecular formula is C18H30FN. The van der Waals surface area contributed by atoms with Crippen molar-refractivity contribution in [3.63, 3.8) is 0 Å². The fourth-order valence-corrected chi connectivity index (χ4v) is 2.67. The molecule has 0 heterocycles. The molecule has 1 aromatic carbocycles. The Bertz CT molecular complexity index is 372. The molecule has 0 aliphatic rings. The van der Waals surface area contributed by atoms with Crippen LogP contribution >= 0.6 is 0 Å². The van der Waals surface area contributed by atoms with Crippen molar-refractivity contribution in [3.05, 3.63) is 35.6 Å². The minimum atomic E-state index is -0.148. The molecular weight excluding hydrogens is 249 g/mol. The summed E-state index contributed by atoms with van der Waals surface area (Å²) >= 11 is 0. The van der Waals surface area contributed by atoms with Gasteiger partial charge in [-0.05, 0) is 42.4 Å². The van der Waals surface area contributed by atoms with E-state index in [1.807, 2.05) is 12.1 Å². The van der Waals surface area contributed by atoms with Gasteiger partial charge in [-0.1, -0.05) is 52.7 Å². The average Bonchev–Trinajstić information content (AvgIpc) is 2.44. The predicted molar refractivity (Wildman–Crippen MR) is 85.5 cm³/mol. The van der Waals surface area contributed by atoms with Crippen molar-refractivity contribution in [1.29, 1.82) is 0 Å². The van der Waals surface area contributed by atoms with E-state index in [4.69, 9.17) is 0 Å². The predicted octanol–water partition coefficient (Wildman–Crippen LogP) is 4.95. The van der Waals surface area contributed by atoms with Crippen LogP contribution in [0.4, 0.5) is 4.39 Å². The summed E-state index contributed by atoms with van der Waals surface area (Å²) in [6, 6.07) is 7.52. The topological polar surface area (TPSA) is 12.0 Å². The monoisotopic (exact) mass is 279 g/mol. The molecule has 0 aliphatic carbocycles. The number of rotatable bonds is 9. The molecule has 0 amide bonds. The van der Waals surface area contributed by atoms with Crippen LogP contribution < -0.4 is 5.32 Å². The second kappa shape index (κ2) is 8.41. The van der Waals surface area contributed by atoms with Gasteiger partial charge in [0.05, 0.1) is 0 Å². The Morgan fingerprint density at radius 2 is 1.80 bits per heavy atom. The van der Waals surface area contributed by atoms with E-state index >= 15 is 0 Å². The van der Waals surface area contributed by atoms with Gasteiger partial charge < -0.3 is 5.32 Å². The zero-order valence-corrected chi connectivity index (χ0v) is 13.5. The van der Waals surface area contributed by atoms with Gasteiger partial charge in [0.15, 0.2) is 0 Å². The molecule has 0 saturated carbocycles. The zero-order chi connectivity index (χ0) is 15.0. The third kappa shape index (κ3) is 5.62. The Labute approximate surface area is 124 Å². The van der Waals surface area contributed by atoms with Gasteiger partial charge in [-0.15, -0.1) is 0 Å². The molecule has 0 aromatic heterocycles. The van der Waals surface area contributed by atoms with E-state index in [9.17, 15) is 4.39 Å². The van der Waals surface area contributed by atoms with Crippen molar-refractivity contribution in [2.75, 3.05) is 6.54 Å². The highest BCUT2D eigenvalue weighted by atomic mass is 19.1. The van der Waals surface area contributed by atoms with Crippen LogP contribution in [0.1, 0.15) is 58.9 Å². The lowest BCUT2D eigenvalue weighted by Crippen LogP contribution is -2.39. The van der Waals surface area contributed by atoms with Gasteiger partial charge >= 0.3 is 0 Å². The lowest BCUT2D eigenvalue weighted by Gasteiger charge is -2.34. The Hall–Kier alpha value is -0.890. The fourth-order valence-electron chi connectivity index (χ4n) is 2.67. The third-order valence-corrected chi connectivity index (χ3v) is 4.19. The standard InChI is InChI=1S/C18H30FN/c1-5-7-12-18(6-2,14-20-15(3)4)13-16-8-10-17(19)11-9-16/h8-11,15,20H,5-7,12-14H2,1-4H3. The highest BCUT2D eigenvalue weighted by molar-refractivity contribution is 5.18. The summed E-state index contributed by atoms with van der Waals surface area (Å²) in [6.45, 7) is 9.95.